The molecule has 232 valence electrons. The zero-order chi connectivity index (χ0) is 29.8. The Labute approximate surface area is 255 Å². The Balaban J connectivity index is 0.00000154. The van der Waals surface area contributed by atoms with E-state index < -0.39 is 5.41 Å². The number of cyclic esters (lactones) is 1. The number of carbonyl (C=O) groups is 2. The largest absolute Gasteiger partial charge is 0.458 e. The van der Waals surface area contributed by atoms with Gasteiger partial charge in [0.1, 0.15) is 11.7 Å². The Hall–Kier alpha value is -2.31. The van der Waals surface area contributed by atoms with Crippen LogP contribution in [0.1, 0.15) is 83.1 Å². The summed E-state index contributed by atoms with van der Waals surface area (Å²) in [5.41, 5.74) is 2.87. The Kier molecular flexibility index (Phi) is 6.50. The van der Waals surface area contributed by atoms with Gasteiger partial charge in [0.15, 0.2) is 5.78 Å². The van der Waals surface area contributed by atoms with E-state index in [0.717, 1.165) is 42.5 Å². The molecule has 3 saturated carbocycles. The first-order valence-electron chi connectivity index (χ1n) is 16.3. The van der Waals surface area contributed by atoms with Gasteiger partial charge in [-0.25, -0.2) is 4.79 Å². The van der Waals surface area contributed by atoms with Crippen molar-refractivity contribution >= 4 is 17.3 Å². The Morgan fingerprint density at radius 3 is 2.62 bits per heavy atom. The molecule has 11 atom stereocenters. The molecule has 1 aromatic rings. The maximum absolute atomic E-state index is 14.6. The van der Waals surface area contributed by atoms with E-state index in [1.165, 1.54) is 18.4 Å². The van der Waals surface area contributed by atoms with Crippen LogP contribution in [-0.2, 0) is 19.1 Å². The summed E-state index contributed by atoms with van der Waals surface area (Å²) in [5, 5.41) is 0. The molecular formula is C36H54N2O4. The predicted molar refractivity (Wildman–Crippen MR) is 169 cm³/mol. The van der Waals surface area contributed by atoms with Gasteiger partial charge in [0.25, 0.3) is 0 Å². The van der Waals surface area contributed by atoms with Crippen LogP contribution < -0.4 is 0 Å². The van der Waals surface area contributed by atoms with Crippen LogP contribution in [-0.4, -0.2) is 60.1 Å². The normalized spacial score (nSPS) is 45.0. The number of allylic oxidation sites excluding steroid dienone is 1. The first-order chi connectivity index (χ1) is 19.9. The fourth-order valence-corrected chi connectivity index (χ4v) is 11.2. The number of fused-ring (bicyclic) bond motifs is 4. The average Bonchev–Trinajstić information content (AvgIpc) is 3.59. The third kappa shape index (κ3) is 3.73. The molecule has 6 aliphatic rings. The van der Waals surface area contributed by atoms with Crippen molar-refractivity contribution in [3.63, 3.8) is 0 Å². The number of rotatable bonds is 5. The second-order valence-electron chi connectivity index (χ2n) is 15.4. The van der Waals surface area contributed by atoms with Gasteiger partial charge < -0.3 is 14.4 Å². The molecular weight excluding hydrogens is 524 g/mol. The highest BCUT2D eigenvalue weighted by Gasteiger charge is 2.80. The number of Topliss-reactive ketones (excluding diaryl/α,β-unsaturated/α-hetero) is 1. The van der Waals surface area contributed by atoms with Crippen LogP contribution in [0.15, 0.2) is 41.6 Å². The van der Waals surface area contributed by atoms with E-state index in [0.29, 0.717) is 36.1 Å². The minimum absolute atomic E-state index is 0. The van der Waals surface area contributed by atoms with Gasteiger partial charge in [-0.3, -0.25) is 9.78 Å². The van der Waals surface area contributed by atoms with Gasteiger partial charge in [-0.15, -0.1) is 0 Å². The molecule has 4 fully saturated rings. The Bertz CT molecular complexity index is 1380. The number of nitrogens with zero attached hydrogens (tertiary/aromatic N) is 2. The van der Waals surface area contributed by atoms with Gasteiger partial charge in [-0.1, -0.05) is 38.5 Å². The van der Waals surface area contributed by atoms with E-state index in [2.05, 4.69) is 45.7 Å². The van der Waals surface area contributed by atoms with Gasteiger partial charge in [0, 0.05) is 34.9 Å². The molecule has 42 heavy (non-hydrogen) atoms. The maximum Gasteiger partial charge on any atom is 0.335 e. The van der Waals surface area contributed by atoms with Gasteiger partial charge in [0.2, 0.25) is 0 Å². The third-order valence-electron chi connectivity index (χ3n) is 13.3. The van der Waals surface area contributed by atoms with Crippen LogP contribution in [0.3, 0.4) is 0 Å². The lowest BCUT2D eigenvalue weighted by molar-refractivity contribution is -0.153. The van der Waals surface area contributed by atoms with Crippen molar-refractivity contribution in [1.82, 2.24) is 9.88 Å². The molecule has 0 radical (unpaired) electrons. The summed E-state index contributed by atoms with van der Waals surface area (Å²) >= 11 is 0. The molecule has 2 aliphatic heterocycles. The van der Waals surface area contributed by atoms with Gasteiger partial charge in [0.05, 0.1) is 22.8 Å². The summed E-state index contributed by atoms with van der Waals surface area (Å²) in [6.07, 6.45) is 10.5. The van der Waals surface area contributed by atoms with Crippen LogP contribution >= 0.6 is 0 Å². The molecule has 6 nitrogen and oxygen atoms in total. The van der Waals surface area contributed by atoms with Crippen molar-refractivity contribution < 1.29 is 23.3 Å². The van der Waals surface area contributed by atoms with E-state index in [-0.39, 0.29) is 45.2 Å². The molecule has 0 bridgehead atoms. The molecule has 3 unspecified atom stereocenters. The minimum atomic E-state index is -0.531. The number of ether oxygens (including phenoxy) is 2. The molecule has 0 aromatic carbocycles. The third-order valence-corrected chi connectivity index (χ3v) is 13.3. The molecule has 1 spiro atoms. The second kappa shape index (κ2) is 9.59. The van der Waals surface area contributed by atoms with Crippen LogP contribution in [0.25, 0.3) is 5.57 Å². The fraction of sp³-hybridized carbons (Fsp3) is 0.694. The van der Waals surface area contributed by atoms with Crippen molar-refractivity contribution in [1.29, 1.82) is 0 Å². The molecule has 0 amide bonds. The van der Waals surface area contributed by atoms with Crippen LogP contribution in [0.4, 0.5) is 0 Å². The van der Waals surface area contributed by atoms with E-state index in [4.69, 9.17) is 9.47 Å². The number of hydrogen-bond acceptors (Lipinski definition) is 6. The summed E-state index contributed by atoms with van der Waals surface area (Å²) < 4.78 is 12.9. The van der Waals surface area contributed by atoms with Gasteiger partial charge >= 0.3 is 5.97 Å². The average molecular weight is 579 g/mol. The lowest BCUT2D eigenvalue weighted by Crippen LogP contribution is -2.62. The SMILES string of the molecule is CC1=C(CN(C)C)C(=O)O[C@@H]([C@@H](C)C2CCC3[C@@H]4C[C@H]5O[C@]56[C@@H](C)C=C(c5ccccn5)C(=O)[C@]6(C)C4CC[C@@]32C)C1.[HH].[HH].[HH]. The molecule has 1 saturated heterocycles. The highest BCUT2D eigenvalue weighted by Crippen LogP contribution is 2.74. The number of hydrogen-bond donors (Lipinski definition) is 0. The molecule has 3 heterocycles. The van der Waals surface area contributed by atoms with Crippen LogP contribution in [0.5, 0.6) is 0 Å². The summed E-state index contributed by atoms with van der Waals surface area (Å²) in [5.74, 6) is 2.48. The highest BCUT2D eigenvalue weighted by atomic mass is 16.6. The number of esters is 1. The van der Waals surface area contributed by atoms with Crippen LogP contribution in [0, 0.1) is 46.3 Å². The monoisotopic (exact) mass is 578 g/mol. The summed E-state index contributed by atoms with van der Waals surface area (Å²) in [6.45, 7) is 12.1. The number of carbonyl (C=O) groups excluding carboxylic acids is 2. The van der Waals surface area contributed by atoms with E-state index in [9.17, 15) is 9.59 Å². The summed E-state index contributed by atoms with van der Waals surface area (Å²) in [6, 6.07) is 5.86. The minimum Gasteiger partial charge on any atom is -0.458 e. The first kappa shape index (κ1) is 28.5. The smallest absolute Gasteiger partial charge is 0.335 e. The van der Waals surface area contributed by atoms with E-state index >= 15 is 0 Å². The number of ketones is 1. The van der Waals surface area contributed by atoms with Crippen molar-refractivity contribution in [3.8, 4) is 0 Å². The van der Waals surface area contributed by atoms with Crippen molar-refractivity contribution in [2.24, 2.45) is 46.3 Å². The molecule has 0 N–H and O–H groups in total. The second-order valence-corrected chi connectivity index (χ2v) is 15.4. The maximum atomic E-state index is 14.6. The Morgan fingerprint density at radius 2 is 1.93 bits per heavy atom. The quantitative estimate of drug-likeness (QED) is 0.281. The molecule has 7 rings (SSSR count). The summed E-state index contributed by atoms with van der Waals surface area (Å²) in [4.78, 5) is 34.3. The van der Waals surface area contributed by atoms with E-state index in [1.54, 1.807) is 6.20 Å². The van der Waals surface area contributed by atoms with Gasteiger partial charge in [-0.2, -0.15) is 0 Å². The van der Waals surface area contributed by atoms with Crippen molar-refractivity contribution in [3.05, 3.63) is 47.3 Å². The lowest BCUT2D eigenvalue weighted by atomic mass is 9.43. The standard InChI is InChI=1S/C36H48N2O4.3H2/c1-20-16-30(41-33(40)25(20)19-38(6)7)22(3)26-11-12-27-23-18-31-36(42-31)21(2)17-24(29-10-8-9-15-37-29)32(39)35(36,5)28(23)13-14-34(26,27)4;;;/h8-10,15,17,21-23,26-28,30-31H,11-14,16,18-19H2,1-7H3;3*1H/t21-,22-,23-,26?,27?,28?,30+,31+,34+,35-,36+;;;/m0.../s1. The zero-order valence-electron chi connectivity index (χ0n) is 26.5. The fourth-order valence-electron chi connectivity index (χ4n) is 11.2. The highest BCUT2D eigenvalue weighted by molar-refractivity contribution is 6.24. The molecule has 4 aliphatic carbocycles. The van der Waals surface area contributed by atoms with Crippen molar-refractivity contribution in [2.75, 3.05) is 20.6 Å². The first-order valence-corrected chi connectivity index (χ1v) is 16.3. The predicted octanol–water partition coefficient (Wildman–Crippen LogP) is 6.86. The Morgan fingerprint density at radius 1 is 1.14 bits per heavy atom. The lowest BCUT2D eigenvalue weighted by Gasteiger charge is -2.59. The topological polar surface area (TPSA) is 72.0 Å². The van der Waals surface area contributed by atoms with E-state index in [1.807, 2.05) is 37.2 Å². The number of aromatic nitrogens is 1. The van der Waals surface area contributed by atoms with Gasteiger partial charge in [-0.05, 0) is 107 Å². The molecule has 1 aromatic heterocycles. The number of likely N-dealkylation sites (N-methyl/N-ethyl adjacent to an activating group) is 1. The van der Waals surface area contributed by atoms with Crippen molar-refractivity contribution in [2.45, 2.75) is 91.0 Å². The molecule has 6 heteroatoms. The summed E-state index contributed by atoms with van der Waals surface area (Å²) in [7, 11) is 4.00. The number of epoxide rings is 1. The van der Waals surface area contributed by atoms with Crippen LogP contribution in [0.2, 0.25) is 0 Å². The number of pyridine rings is 1. The zero-order valence-corrected chi connectivity index (χ0v) is 26.5.